The number of carbonyl (C=O) groups excluding carboxylic acids is 1. The molecule has 0 saturated carbocycles. The summed E-state index contributed by atoms with van der Waals surface area (Å²) in [7, 11) is 0. The molecule has 0 unspecified atom stereocenters. The molecule has 35 heavy (non-hydrogen) atoms. The Hall–Kier alpha value is -3.72. The predicted octanol–water partition coefficient (Wildman–Crippen LogP) is 6.88. The number of amides is 1. The molecule has 0 spiro atoms. The lowest BCUT2D eigenvalue weighted by molar-refractivity contribution is -0.384. The molecule has 10 heteroatoms. The molecular formula is C25H16Cl2N4O3S. The van der Waals surface area contributed by atoms with E-state index in [4.69, 9.17) is 23.2 Å². The number of hydrogen-bond acceptors (Lipinski definition) is 5. The van der Waals surface area contributed by atoms with Crippen LogP contribution in [0.3, 0.4) is 0 Å². The van der Waals surface area contributed by atoms with Gasteiger partial charge in [0.05, 0.1) is 26.1 Å². The molecule has 2 aromatic heterocycles. The number of carbonyl (C=O) groups is 1. The second-order valence-electron chi connectivity index (χ2n) is 7.77. The van der Waals surface area contributed by atoms with Gasteiger partial charge in [-0.2, -0.15) is 5.10 Å². The lowest BCUT2D eigenvalue weighted by atomic mass is 10.2. The SMILES string of the molecule is O=C(N/N=C\c1cn(Cc2ccc(Cl)c(Cl)c2)c2ccccc12)c1cc2cc([N+](=O)[O-])ccc2s1. The highest BCUT2D eigenvalue weighted by Crippen LogP contribution is 2.29. The summed E-state index contributed by atoms with van der Waals surface area (Å²) in [5.41, 5.74) is 5.39. The maximum Gasteiger partial charge on any atom is 0.281 e. The fourth-order valence-corrected chi connectivity index (χ4v) is 5.07. The maximum atomic E-state index is 12.6. The minimum Gasteiger partial charge on any atom is -0.342 e. The summed E-state index contributed by atoms with van der Waals surface area (Å²) in [5, 5.41) is 17.8. The van der Waals surface area contributed by atoms with Gasteiger partial charge in [-0.15, -0.1) is 11.3 Å². The minimum absolute atomic E-state index is 0.0162. The summed E-state index contributed by atoms with van der Waals surface area (Å²) >= 11 is 13.5. The topological polar surface area (TPSA) is 89.5 Å². The molecule has 0 bridgehead atoms. The van der Waals surface area contributed by atoms with Gasteiger partial charge in [0.1, 0.15) is 0 Å². The van der Waals surface area contributed by atoms with Crippen LogP contribution < -0.4 is 5.43 Å². The van der Waals surface area contributed by atoms with E-state index in [1.54, 1.807) is 24.4 Å². The van der Waals surface area contributed by atoms with Gasteiger partial charge in [-0.1, -0.05) is 47.5 Å². The summed E-state index contributed by atoms with van der Waals surface area (Å²) in [4.78, 5) is 23.6. The van der Waals surface area contributed by atoms with E-state index in [1.807, 2.05) is 42.6 Å². The number of non-ortho nitro benzene ring substituents is 1. The number of halogens is 2. The average molecular weight is 523 g/mol. The molecule has 5 aromatic rings. The van der Waals surface area contributed by atoms with Crippen LogP contribution in [0.4, 0.5) is 5.69 Å². The number of nitrogens with zero attached hydrogens (tertiary/aromatic N) is 3. The van der Waals surface area contributed by atoms with Crippen LogP contribution in [0.2, 0.25) is 10.0 Å². The summed E-state index contributed by atoms with van der Waals surface area (Å²) in [6.07, 6.45) is 3.56. The quantitative estimate of drug-likeness (QED) is 0.149. The van der Waals surface area contributed by atoms with Gasteiger partial charge in [0, 0.05) is 51.4 Å². The maximum absolute atomic E-state index is 12.6. The Labute approximate surface area is 213 Å². The molecule has 0 aliphatic rings. The highest BCUT2D eigenvalue weighted by molar-refractivity contribution is 7.20. The molecule has 174 valence electrons. The molecule has 0 aliphatic heterocycles. The van der Waals surface area contributed by atoms with Gasteiger partial charge >= 0.3 is 0 Å². The molecule has 2 heterocycles. The molecule has 1 N–H and O–H groups in total. The monoisotopic (exact) mass is 522 g/mol. The molecule has 0 radical (unpaired) electrons. The van der Waals surface area contributed by atoms with Gasteiger partial charge in [0.25, 0.3) is 11.6 Å². The summed E-state index contributed by atoms with van der Waals surface area (Å²) < 4.78 is 2.87. The van der Waals surface area contributed by atoms with Crippen LogP contribution in [0.15, 0.2) is 78.0 Å². The fraction of sp³-hybridized carbons (Fsp3) is 0.0400. The van der Waals surface area contributed by atoms with Crippen molar-refractivity contribution in [3.63, 3.8) is 0 Å². The Kier molecular flexibility index (Phi) is 6.25. The minimum atomic E-state index is -0.459. The predicted molar refractivity (Wildman–Crippen MR) is 141 cm³/mol. The smallest absolute Gasteiger partial charge is 0.281 e. The van der Waals surface area contributed by atoms with Gasteiger partial charge in [-0.3, -0.25) is 14.9 Å². The number of thiophene rings is 1. The van der Waals surface area contributed by atoms with Gasteiger partial charge in [0.15, 0.2) is 0 Å². The van der Waals surface area contributed by atoms with Crippen molar-refractivity contribution in [3.05, 3.63) is 109 Å². The number of nitrogens with one attached hydrogen (secondary N) is 1. The van der Waals surface area contributed by atoms with Crippen molar-refractivity contribution in [2.75, 3.05) is 0 Å². The number of fused-ring (bicyclic) bond motifs is 2. The van der Waals surface area contributed by atoms with Gasteiger partial charge < -0.3 is 4.57 Å². The van der Waals surface area contributed by atoms with Crippen molar-refractivity contribution >= 4 is 73.3 Å². The number of nitro benzene ring substituents is 1. The average Bonchev–Trinajstić information content (AvgIpc) is 3.43. The van der Waals surface area contributed by atoms with Gasteiger partial charge in [0.2, 0.25) is 0 Å². The van der Waals surface area contributed by atoms with E-state index in [0.29, 0.717) is 26.9 Å². The highest BCUT2D eigenvalue weighted by Gasteiger charge is 2.13. The first kappa shape index (κ1) is 23.0. The Bertz CT molecular complexity index is 1640. The van der Waals surface area contributed by atoms with Gasteiger partial charge in [-0.25, -0.2) is 5.43 Å². The molecule has 1 amide bonds. The first-order valence-electron chi connectivity index (χ1n) is 10.4. The molecule has 0 fully saturated rings. The van der Waals surface area contributed by atoms with Crippen molar-refractivity contribution in [2.24, 2.45) is 5.10 Å². The Morgan fingerprint density at radius 2 is 1.91 bits per heavy atom. The molecule has 0 aliphatic carbocycles. The number of nitro groups is 1. The Balaban J connectivity index is 1.36. The van der Waals surface area contributed by atoms with Crippen LogP contribution in [-0.2, 0) is 6.54 Å². The second kappa shape index (κ2) is 9.50. The molecular weight excluding hydrogens is 507 g/mol. The highest BCUT2D eigenvalue weighted by atomic mass is 35.5. The van der Waals surface area contributed by atoms with E-state index in [1.165, 1.54) is 23.5 Å². The lowest BCUT2D eigenvalue weighted by Crippen LogP contribution is -2.16. The van der Waals surface area contributed by atoms with Crippen molar-refractivity contribution in [2.45, 2.75) is 6.54 Å². The zero-order valence-corrected chi connectivity index (χ0v) is 20.3. The number of aromatic nitrogens is 1. The third-order valence-electron chi connectivity index (χ3n) is 5.46. The third kappa shape index (κ3) is 4.77. The third-order valence-corrected chi connectivity index (χ3v) is 7.31. The van der Waals surface area contributed by atoms with Gasteiger partial charge in [-0.05, 0) is 35.9 Å². The standard InChI is InChI=1S/C25H16Cl2N4O3S/c26-20-7-5-15(9-21(20)27)13-30-14-17(19-3-1-2-4-22(19)30)12-28-29-25(32)24-11-16-10-18(31(33)34)6-8-23(16)35-24/h1-12,14H,13H2,(H,29,32)/b28-12-. The number of hydrazone groups is 1. The van der Waals surface area contributed by atoms with E-state index in [2.05, 4.69) is 15.1 Å². The van der Waals surface area contributed by atoms with Crippen molar-refractivity contribution in [3.8, 4) is 0 Å². The normalized spacial score (nSPS) is 11.5. The number of hydrogen-bond donors (Lipinski definition) is 1. The fourth-order valence-electron chi connectivity index (χ4n) is 3.82. The second-order valence-corrected chi connectivity index (χ2v) is 9.67. The Morgan fingerprint density at radius 1 is 1.09 bits per heavy atom. The largest absolute Gasteiger partial charge is 0.342 e. The van der Waals surface area contributed by atoms with E-state index < -0.39 is 4.92 Å². The van der Waals surface area contributed by atoms with E-state index in [9.17, 15) is 14.9 Å². The Morgan fingerprint density at radius 3 is 2.71 bits per heavy atom. The summed E-state index contributed by atoms with van der Waals surface area (Å²) in [5.74, 6) is -0.385. The number of para-hydroxylation sites is 1. The zero-order chi connectivity index (χ0) is 24.5. The van der Waals surface area contributed by atoms with Crippen LogP contribution in [0.1, 0.15) is 20.8 Å². The zero-order valence-electron chi connectivity index (χ0n) is 17.9. The first-order valence-corrected chi connectivity index (χ1v) is 12.0. The van der Waals surface area contributed by atoms with Crippen LogP contribution >= 0.6 is 34.5 Å². The molecule has 3 aromatic carbocycles. The van der Waals surface area contributed by atoms with E-state index in [0.717, 1.165) is 26.7 Å². The van der Waals surface area contributed by atoms with E-state index >= 15 is 0 Å². The summed E-state index contributed by atoms with van der Waals surface area (Å²) in [6.45, 7) is 0.589. The van der Waals surface area contributed by atoms with Crippen LogP contribution in [-0.4, -0.2) is 21.6 Å². The molecule has 0 atom stereocenters. The van der Waals surface area contributed by atoms with Crippen molar-refractivity contribution in [1.82, 2.24) is 9.99 Å². The number of rotatable bonds is 6. The van der Waals surface area contributed by atoms with Crippen molar-refractivity contribution < 1.29 is 9.72 Å². The van der Waals surface area contributed by atoms with E-state index in [-0.39, 0.29) is 11.6 Å². The molecule has 5 rings (SSSR count). The van der Waals surface area contributed by atoms with Crippen LogP contribution in [0, 0.1) is 10.1 Å². The van der Waals surface area contributed by atoms with Crippen LogP contribution in [0.5, 0.6) is 0 Å². The number of benzene rings is 3. The first-order chi connectivity index (χ1) is 16.9. The molecule has 7 nitrogen and oxygen atoms in total. The molecule has 0 saturated heterocycles. The summed E-state index contributed by atoms with van der Waals surface area (Å²) in [6, 6.07) is 19.6. The van der Waals surface area contributed by atoms with Crippen molar-refractivity contribution in [1.29, 1.82) is 0 Å². The van der Waals surface area contributed by atoms with Crippen LogP contribution in [0.25, 0.3) is 21.0 Å². The lowest BCUT2D eigenvalue weighted by Gasteiger charge is -2.06.